The van der Waals surface area contributed by atoms with Gasteiger partial charge in [-0.25, -0.2) is 9.98 Å². The number of nitrogens with one attached hydrogen (secondary N) is 2. The molecule has 1 saturated heterocycles. The lowest BCUT2D eigenvalue weighted by atomic mass is 10.0. The minimum atomic E-state index is 0. The molecule has 5 nitrogen and oxygen atoms in total. The van der Waals surface area contributed by atoms with E-state index in [1.54, 1.807) is 11.3 Å². The van der Waals surface area contributed by atoms with Crippen LogP contribution in [0.5, 0.6) is 0 Å². The van der Waals surface area contributed by atoms with E-state index >= 15 is 0 Å². The molecule has 0 spiro atoms. The van der Waals surface area contributed by atoms with Gasteiger partial charge in [0.25, 0.3) is 0 Å². The molecule has 24 heavy (non-hydrogen) atoms. The Labute approximate surface area is 167 Å². The summed E-state index contributed by atoms with van der Waals surface area (Å²) in [4.78, 5) is 12.9. The minimum absolute atomic E-state index is 0. The maximum absolute atomic E-state index is 4.68. The van der Waals surface area contributed by atoms with Gasteiger partial charge in [-0.15, -0.1) is 35.3 Å². The summed E-state index contributed by atoms with van der Waals surface area (Å²) in [6, 6.07) is 0.573. The first-order chi connectivity index (χ1) is 11.1. The number of hydrogen-bond acceptors (Lipinski definition) is 4. The molecule has 1 unspecified atom stereocenters. The highest BCUT2D eigenvalue weighted by molar-refractivity contribution is 14.0. The van der Waals surface area contributed by atoms with Crippen molar-refractivity contribution in [1.29, 1.82) is 0 Å². The average molecular weight is 465 g/mol. The Morgan fingerprint density at radius 1 is 1.33 bits per heavy atom. The van der Waals surface area contributed by atoms with Crippen molar-refractivity contribution in [3.8, 4) is 0 Å². The van der Waals surface area contributed by atoms with Crippen LogP contribution in [0.25, 0.3) is 0 Å². The van der Waals surface area contributed by atoms with Crippen LogP contribution in [-0.4, -0.2) is 48.1 Å². The molecule has 2 N–H and O–H groups in total. The fraction of sp³-hybridized carbons (Fsp3) is 0.765. The zero-order valence-electron chi connectivity index (χ0n) is 15.3. The van der Waals surface area contributed by atoms with Gasteiger partial charge in [-0.1, -0.05) is 13.8 Å². The third-order valence-corrected chi connectivity index (χ3v) is 5.14. The Morgan fingerprint density at radius 3 is 2.58 bits per heavy atom. The number of hydrogen-bond donors (Lipinski definition) is 2. The van der Waals surface area contributed by atoms with E-state index in [9.17, 15) is 0 Å². The zero-order chi connectivity index (χ0) is 16.7. The van der Waals surface area contributed by atoms with E-state index < -0.39 is 0 Å². The van der Waals surface area contributed by atoms with Crippen LogP contribution >= 0.6 is 35.3 Å². The molecule has 0 amide bonds. The van der Waals surface area contributed by atoms with Crippen LogP contribution in [0.4, 0.5) is 0 Å². The lowest BCUT2D eigenvalue weighted by Crippen LogP contribution is -2.48. The zero-order valence-corrected chi connectivity index (χ0v) is 18.5. The number of halogens is 1. The molecule has 0 radical (unpaired) electrons. The highest BCUT2D eigenvalue weighted by atomic mass is 127. The van der Waals surface area contributed by atoms with Crippen LogP contribution in [-0.2, 0) is 6.54 Å². The van der Waals surface area contributed by atoms with Crippen molar-refractivity contribution in [3.63, 3.8) is 0 Å². The maximum atomic E-state index is 4.68. The molecule has 1 aromatic heterocycles. The molecule has 1 aliphatic rings. The molecule has 7 heteroatoms. The van der Waals surface area contributed by atoms with Gasteiger partial charge in [0.2, 0.25) is 0 Å². The van der Waals surface area contributed by atoms with Gasteiger partial charge in [-0.3, -0.25) is 4.90 Å². The summed E-state index contributed by atoms with van der Waals surface area (Å²) < 4.78 is 0. The van der Waals surface area contributed by atoms with Crippen molar-refractivity contribution in [1.82, 2.24) is 20.5 Å². The topological polar surface area (TPSA) is 52.6 Å². The third kappa shape index (κ3) is 6.84. The van der Waals surface area contributed by atoms with E-state index in [0.717, 1.165) is 24.1 Å². The summed E-state index contributed by atoms with van der Waals surface area (Å²) in [6.07, 6.45) is 4.58. The van der Waals surface area contributed by atoms with Crippen LogP contribution in [0.1, 0.15) is 43.5 Å². The number of nitrogens with zero attached hydrogens (tertiary/aromatic N) is 3. The number of likely N-dealkylation sites (tertiary alicyclic amines) is 1. The molecule has 1 atom stereocenters. The second kappa shape index (κ2) is 11.3. The predicted octanol–water partition coefficient (Wildman–Crippen LogP) is 3.25. The summed E-state index contributed by atoms with van der Waals surface area (Å²) in [5.41, 5.74) is 0. The Kier molecular flexibility index (Phi) is 10.1. The molecule has 1 aromatic rings. The fourth-order valence-electron chi connectivity index (χ4n) is 3.02. The van der Waals surface area contributed by atoms with Crippen LogP contribution in [0, 0.1) is 12.8 Å². The van der Waals surface area contributed by atoms with Crippen molar-refractivity contribution in [3.05, 3.63) is 16.1 Å². The number of aryl methyl sites for hydroxylation is 1. The highest BCUT2D eigenvalue weighted by Crippen LogP contribution is 2.17. The van der Waals surface area contributed by atoms with Crippen molar-refractivity contribution >= 4 is 41.3 Å². The first kappa shape index (κ1) is 21.6. The van der Waals surface area contributed by atoms with Crippen molar-refractivity contribution < 1.29 is 0 Å². The van der Waals surface area contributed by atoms with Gasteiger partial charge in [0.15, 0.2) is 5.96 Å². The molecule has 1 fully saturated rings. The Hall–Kier alpha value is -0.410. The molecule has 0 bridgehead atoms. The summed E-state index contributed by atoms with van der Waals surface area (Å²) >= 11 is 1.72. The second-order valence-electron chi connectivity index (χ2n) is 6.50. The molecule has 2 rings (SSSR count). The largest absolute Gasteiger partial charge is 0.357 e. The molecule has 2 heterocycles. The minimum Gasteiger partial charge on any atom is -0.357 e. The molecular weight excluding hydrogens is 433 g/mol. The average Bonchev–Trinajstić information content (AvgIpc) is 3.16. The molecular formula is C17H32IN5S. The second-order valence-corrected chi connectivity index (χ2v) is 7.81. The first-order valence-corrected chi connectivity index (χ1v) is 9.59. The quantitative estimate of drug-likeness (QED) is 0.369. The van der Waals surface area contributed by atoms with Crippen LogP contribution in [0.2, 0.25) is 0 Å². The summed E-state index contributed by atoms with van der Waals surface area (Å²) in [5.74, 6) is 1.54. The number of rotatable bonds is 7. The van der Waals surface area contributed by atoms with Gasteiger partial charge in [0, 0.05) is 30.2 Å². The molecule has 0 aromatic carbocycles. The summed E-state index contributed by atoms with van der Waals surface area (Å²) in [5, 5.41) is 7.94. The maximum Gasteiger partial charge on any atom is 0.191 e. The third-order valence-electron chi connectivity index (χ3n) is 4.24. The normalized spacial score (nSPS) is 17.0. The summed E-state index contributed by atoms with van der Waals surface area (Å²) in [7, 11) is 0. The van der Waals surface area contributed by atoms with E-state index in [0.29, 0.717) is 18.5 Å². The monoisotopic (exact) mass is 465 g/mol. The van der Waals surface area contributed by atoms with E-state index in [-0.39, 0.29) is 24.0 Å². The van der Waals surface area contributed by atoms with E-state index in [1.807, 2.05) is 6.20 Å². The smallest absolute Gasteiger partial charge is 0.191 e. The number of thiazole rings is 1. The predicted molar refractivity (Wildman–Crippen MR) is 115 cm³/mol. The first-order valence-electron chi connectivity index (χ1n) is 8.77. The number of guanidine groups is 1. The standard InChI is InChI=1S/C17H31N5S.HI/c1-5-18-17(21-12-16-19-10-14(4)23-16)20-11-15(13(2)3)22-8-6-7-9-22;/h10,13,15H,5-9,11-12H2,1-4H3,(H2,18,20,21);1H. The van der Waals surface area contributed by atoms with E-state index in [1.165, 1.54) is 30.8 Å². The van der Waals surface area contributed by atoms with Gasteiger partial charge < -0.3 is 10.6 Å². The van der Waals surface area contributed by atoms with Crippen LogP contribution in [0.3, 0.4) is 0 Å². The lowest BCUT2D eigenvalue weighted by molar-refractivity contribution is 0.192. The van der Waals surface area contributed by atoms with Crippen molar-refractivity contribution in [2.45, 2.75) is 53.1 Å². The Bertz CT molecular complexity index is 497. The number of aromatic nitrogens is 1. The molecule has 0 aliphatic carbocycles. The summed E-state index contributed by atoms with van der Waals surface area (Å²) in [6.45, 7) is 13.7. The van der Waals surface area contributed by atoms with Gasteiger partial charge in [-0.05, 0) is 45.7 Å². The van der Waals surface area contributed by atoms with Gasteiger partial charge in [0.05, 0.1) is 6.54 Å². The van der Waals surface area contributed by atoms with Crippen molar-refractivity contribution in [2.75, 3.05) is 26.2 Å². The fourth-order valence-corrected chi connectivity index (χ4v) is 3.74. The van der Waals surface area contributed by atoms with E-state index in [2.05, 4.69) is 53.2 Å². The Balaban J connectivity index is 0.00000288. The Morgan fingerprint density at radius 2 is 2.04 bits per heavy atom. The van der Waals surface area contributed by atoms with Crippen LogP contribution in [0.15, 0.2) is 11.2 Å². The van der Waals surface area contributed by atoms with Gasteiger partial charge in [0.1, 0.15) is 5.01 Å². The van der Waals surface area contributed by atoms with Crippen LogP contribution < -0.4 is 10.6 Å². The SMILES string of the molecule is CCNC(=NCc1ncc(C)s1)NCC(C(C)C)N1CCCC1.I. The molecule has 0 saturated carbocycles. The molecule has 1 aliphatic heterocycles. The molecule has 138 valence electrons. The lowest BCUT2D eigenvalue weighted by Gasteiger charge is -2.31. The van der Waals surface area contributed by atoms with Crippen molar-refractivity contribution in [2.24, 2.45) is 10.9 Å². The van der Waals surface area contributed by atoms with Gasteiger partial charge >= 0.3 is 0 Å². The van der Waals surface area contributed by atoms with Gasteiger partial charge in [-0.2, -0.15) is 0 Å². The highest BCUT2D eigenvalue weighted by Gasteiger charge is 2.24. The number of aliphatic imine (C=N–C) groups is 1. The van der Waals surface area contributed by atoms with E-state index in [4.69, 9.17) is 0 Å².